The fourth-order valence-corrected chi connectivity index (χ4v) is 5.57. The number of hydrogen-bond donors (Lipinski definition) is 1. The van der Waals surface area contributed by atoms with Gasteiger partial charge in [0, 0.05) is 21.4 Å². The third kappa shape index (κ3) is 5.23. The largest absolute Gasteiger partial charge is 0.321 e. The Bertz CT molecular complexity index is 1360. The summed E-state index contributed by atoms with van der Waals surface area (Å²) in [5.74, 6) is -0.803. The Morgan fingerprint density at radius 1 is 1.06 bits per heavy atom. The molecule has 35 heavy (non-hydrogen) atoms. The minimum Gasteiger partial charge on any atom is -0.321 e. The minimum absolute atomic E-state index is 0.130. The molecule has 1 aliphatic heterocycles. The summed E-state index contributed by atoms with van der Waals surface area (Å²) in [7, 11) is 0. The number of benzene rings is 3. The van der Waals surface area contributed by atoms with E-state index in [2.05, 4.69) is 5.32 Å². The van der Waals surface area contributed by atoms with E-state index in [1.54, 1.807) is 42.5 Å². The summed E-state index contributed by atoms with van der Waals surface area (Å²) in [5, 5.41) is 13.6. The number of rotatable bonds is 5. The second-order valence-electron chi connectivity index (χ2n) is 8.07. The van der Waals surface area contributed by atoms with E-state index in [1.165, 1.54) is 16.7 Å². The second kappa shape index (κ2) is 10.6. The number of amides is 2. The molecule has 0 spiro atoms. The average Bonchev–Trinajstić information content (AvgIpc) is 3.15. The first-order valence-corrected chi connectivity index (χ1v) is 12.4. The highest BCUT2D eigenvalue weighted by Gasteiger charge is 2.41. The number of halogens is 2. The van der Waals surface area contributed by atoms with Crippen LogP contribution in [-0.2, 0) is 16.0 Å². The lowest BCUT2D eigenvalue weighted by molar-refractivity contribution is -0.117. The van der Waals surface area contributed by atoms with Crippen LogP contribution in [0.4, 0.5) is 11.4 Å². The van der Waals surface area contributed by atoms with Gasteiger partial charge >= 0.3 is 0 Å². The van der Waals surface area contributed by atoms with Gasteiger partial charge in [0.1, 0.15) is 16.7 Å². The van der Waals surface area contributed by atoms with Crippen LogP contribution in [0.25, 0.3) is 0 Å². The quantitative estimate of drug-likeness (QED) is 0.300. The van der Waals surface area contributed by atoms with Crippen molar-refractivity contribution in [1.29, 1.82) is 5.26 Å². The predicted molar refractivity (Wildman–Crippen MR) is 143 cm³/mol. The maximum absolute atomic E-state index is 13.6. The Morgan fingerprint density at radius 2 is 1.74 bits per heavy atom. The topological polar surface area (TPSA) is 73.2 Å². The summed E-state index contributed by atoms with van der Waals surface area (Å²) in [6.07, 6.45) is 0.299. The molecular formula is C27H21Cl2N3O2S. The summed E-state index contributed by atoms with van der Waals surface area (Å²) < 4.78 is 0. The van der Waals surface area contributed by atoms with Gasteiger partial charge in [0.2, 0.25) is 5.91 Å². The molecule has 1 unspecified atom stereocenters. The number of hydrogen-bond acceptors (Lipinski definition) is 4. The fraction of sp³-hybridized carbons (Fsp3) is 0.148. The smallest absolute Gasteiger partial charge is 0.269 e. The molecule has 2 amide bonds. The first-order valence-electron chi connectivity index (χ1n) is 10.8. The first kappa shape index (κ1) is 24.9. The van der Waals surface area contributed by atoms with Crippen molar-refractivity contribution < 1.29 is 9.59 Å². The zero-order valence-corrected chi connectivity index (χ0v) is 21.3. The molecule has 0 bridgehead atoms. The number of carbonyl (C=O) groups is 2. The zero-order valence-electron chi connectivity index (χ0n) is 19.0. The molecule has 1 aliphatic rings. The number of nitrogens with one attached hydrogen (secondary N) is 1. The van der Waals surface area contributed by atoms with Crippen molar-refractivity contribution in [2.45, 2.75) is 25.5 Å². The Kier molecular flexibility index (Phi) is 7.51. The Morgan fingerprint density at radius 3 is 2.40 bits per heavy atom. The number of thioether (sulfide) groups is 1. The van der Waals surface area contributed by atoms with Crippen molar-refractivity contribution in [3.63, 3.8) is 0 Å². The molecule has 3 aromatic carbocycles. The Labute approximate surface area is 218 Å². The van der Waals surface area contributed by atoms with Crippen LogP contribution < -0.4 is 10.2 Å². The molecule has 1 saturated heterocycles. The van der Waals surface area contributed by atoms with Crippen molar-refractivity contribution in [2.24, 2.45) is 0 Å². The lowest BCUT2D eigenvalue weighted by Gasteiger charge is -2.19. The summed E-state index contributed by atoms with van der Waals surface area (Å²) in [6, 6.07) is 21.8. The molecule has 8 heteroatoms. The van der Waals surface area contributed by atoms with Crippen LogP contribution in [0.3, 0.4) is 0 Å². The number of aryl methyl sites for hydroxylation is 2. The Hall–Kier alpha value is -3.24. The second-order valence-corrected chi connectivity index (χ2v) is 10.1. The fourth-order valence-electron chi connectivity index (χ4n) is 3.89. The van der Waals surface area contributed by atoms with Crippen LogP contribution in [-0.4, -0.2) is 17.1 Å². The van der Waals surface area contributed by atoms with Gasteiger partial charge < -0.3 is 5.32 Å². The molecular weight excluding hydrogens is 501 g/mol. The molecule has 0 radical (unpaired) electrons. The molecule has 176 valence electrons. The molecule has 3 aromatic rings. The van der Waals surface area contributed by atoms with Crippen LogP contribution >= 0.6 is 35.0 Å². The summed E-state index contributed by atoms with van der Waals surface area (Å²) >= 11 is 13.7. The first-order chi connectivity index (χ1) is 16.8. The number of carbonyl (C=O) groups excluding carboxylic acids is 2. The predicted octanol–water partition coefficient (Wildman–Crippen LogP) is 6.68. The van der Waals surface area contributed by atoms with Crippen LogP contribution in [0.2, 0.25) is 10.0 Å². The molecule has 5 nitrogen and oxygen atoms in total. The van der Waals surface area contributed by atoms with Gasteiger partial charge in [0.25, 0.3) is 5.91 Å². The van der Waals surface area contributed by atoms with E-state index in [-0.39, 0.29) is 16.5 Å². The highest BCUT2D eigenvalue weighted by atomic mass is 35.5. The Balaban J connectivity index is 1.75. The van der Waals surface area contributed by atoms with E-state index >= 15 is 0 Å². The van der Waals surface area contributed by atoms with E-state index in [0.29, 0.717) is 27.8 Å². The highest BCUT2D eigenvalue weighted by Crippen LogP contribution is 2.42. The summed E-state index contributed by atoms with van der Waals surface area (Å²) in [6.45, 7) is 3.77. The highest BCUT2D eigenvalue weighted by molar-refractivity contribution is 8.05. The van der Waals surface area contributed by atoms with Gasteiger partial charge in [-0.15, -0.1) is 0 Å². The van der Waals surface area contributed by atoms with Crippen LogP contribution in [0.5, 0.6) is 0 Å². The molecule has 1 N–H and O–H groups in total. The van der Waals surface area contributed by atoms with Crippen molar-refractivity contribution in [3.8, 4) is 6.07 Å². The third-order valence-electron chi connectivity index (χ3n) is 5.65. The van der Waals surface area contributed by atoms with Gasteiger partial charge in [-0.2, -0.15) is 5.26 Å². The maximum atomic E-state index is 13.6. The monoisotopic (exact) mass is 521 g/mol. The number of nitrogens with zero attached hydrogens (tertiary/aromatic N) is 2. The van der Waals surface area contributed by atoms with Crippen molar-refractivity contribution >= 4 is 58.2 Å². The van der Waals surface area contributed by atoms with E-state index in [4.69, 9.17) is 23.2 Å². The van der Waals surface area contributed by atoms with Crippen molar-refractivity contribution in [2.75, 3.05) is 10.2 Å². The lowest BCUT2D eigenvalue weighted by Crippen LogP contribution is -2.31. The molecule has 1 atom stereocenters. The molecule has 1 heterocycles. The normalized spacial score (nSPS) is 16.7. The van der Waals surface area contributed by atoms with E-state index in [9.17, 15) is 14.9 Å². The van der Waals surface area contributed by atoms with Gasteiger partial charge in [-0.3, -0.25) is 14.5 Å². The van der Waals surface area contributed by atoms with Crippen molar-refractivity contribution in [3.05, 3.63) is 104 Å². The van der Waals surface area contributed by atoms with Crippen molar-refractivity contribution in [1.82, 2.24) is 0 Å². The van der Waals surface area contributed by atoms with Crippen LogP contribution in [0.15, 0.2) is 77.3 Å². The number of nitriles is 1. The average molecular weight is 522 g/mol. The van der Waals surface area contributed by atoms with E-state index in [0.717, 1.165) is 16.7 Å². The molecule has 1 fully saturated rings. The minimum atomic E-state index is -0.586. The molecule has 0 aromatic heterocycles. The van der Waals surface area contributed by atoms with Gasteiger partial charge in [-0.05, 0) is 67.3 Å². The van der Waals surface area contributed by atoms with Gasteiger partial charge in [0.05, 0.1) is 5.25 Å². The van der Waals surface area contributed by atoms with Gasteiger partial charge in [0.15, 0.2) is 0 Å². The third-order valence-corrected chi connectivity index (χ3v) is 7.52. The number of anilines is 2. The standard InChI is InChI=1S/C27H21Cl2N3O2S/c1-16-7-6-8-17(2)24(16)31-25(33)21(15-30)27-32(20-9-4-3-5-10-20)26(34)23(35-27)14-18-13-19(28)11-12-22(18)29/h3-13,23H,14H2,1-2H3,(H,31,33). The SMILES string of the molecule is Cc1cccc(C)c1NC(=O)C(C#N)=C1SC(Cc2cc(Cl)ccc2Cl)C(=O)N1c1ccccc1. The number of para-hydroxylation sites is 2. The zero-order chi connectivity index (χ0) is 25.1. The van der Waals surface area contributed by atoms with E-state index in [1.807, 2.05) is 44.2 Å². The van der Waals surface area contributed by atoms with Crippen LogP contribution in [0, 0.1) is 25.2 Å². The molecule has 0 aliphatic carbocycles. The van der Waals surface area contributed by atoms with Gasteiger partial charge in [-0.25, -0.2) is 0 Å². The van der Waals surface area contributed by atoms with Crippen LogP contribution in [0.1, 0.15) is 16.7 Å². The maximum Gasteiger partial charge on any atom is 0.269 e. The molecule has 0 saturated carbocycles. The van der Waals surface area contributed by atoms with E-state index < -0.39 is 11.2 Å². The lowest BCUT2D eigenvalue weighted by atomic mass is 10.1. The summed E-state index contributed by atoms with van der Waals surface area (Å²) in [5.41, 5.74) is 3.57. The summed E-state index contributed by atoms with van der Waals surface area (Å²) in [4.78, 5) is 28.3. The van der Waals surface area contributed by atoms with Gasteiger partial charge in [-0.1, -0.05) is 71.4 Å². The molecule has 4 rings (SSSR count).